The zero-order valence-electron chi connectivity index (χ0n) is 16.2. The zero-order chi connectivity index (χ0) is 24.3. The molecule has 8 nitrogen and oxygen atoms in total. The SMILES string of the molecule is NN(CC=C(Cl)Cl)C(=O)c1cc(Br)cc(Br)c1NC(=O)c1cc(Br)nn1-c1ncccc1Cl. The van der Waals surface area contributed by atoms with Gasteiger partial charge >= 0.3 is 0 Å². The Morgan fingerprint density at radius 3 is 2.61 bits per heavy atom. The number of carbonyl (C=O) groups excluding carboxylic acids is 2. The average Bonchev–Trinajstić information content (AvgIpc) is 3.14. The lowest BCUT2D eigenvalue weighted by molar-refractivity contribution is 0.0774. The Labute approximate surface area is 228 Å². The Bertz CT molecular complexity index is 1260. The molecule has 0 bridgehead atoms. The normalized spacial score (nSPS) is 10.6. The number of carbonyl (C=O) groups is 2. The molecule has 3 aromatic rings. The minimum Gasteiger partial charge on any atom is -0.319 e. The van der Waals surface area contributed by atoms with E-state index in [-0.39, 0.29) is 33.8 Å². The quantitative estimate of drug-likeness (QED) is 0.184. The summed E-state index contributed by atoms with van der Waals surface area (Å²) in [6.45, 7) is -0.0451. The van der Waals surface area contributed by atoms with Crippen LogP contribution in [0.5, 0.6) is 0 Å². The van der Waals surface area contributed by atoms with Gasteiger partial charge in [-0.05, 0) is 62.2 Å². The van der Waals surface area contributed by atoms with E-state index in [1.165, 1.54) is 29.1 Å². The predicted molar refractivity (Wildman–Crippen MR) is 139 cm³/mol. The number of nitrogens with zero attached hydrogens (tertiary/aromatic N) is 4. The van der Waals surface area contributed by atoms with Gasteiger partial charge in [0.25, 0.3) is 11.8 Å². The number of rotatable bonds is 6. The highest BCUT2D eigenvalue weighted by molar-refractivity contribution is 9.11. The third kappa shape index (κ3) is 6.36. The smallest absolute Gasteiger partial charge is 0.274 e. The molecule has 2 heterocycles. The molecule has 0 radical (unpaired) electrons. The maximum Gasteiger partial charge on any atom is 0.274 e. The van der Waals surface area contributed by atoms with Gasteiger partial charge in [0, 0.05) is 21.2 Å². The highest BCUT2D eigenvalue weighted by Gasteiger charge is 2.24. The van der Waals surface area contributed by atoms with E-state index >= 15 is 0 Å². The van der Waals surface area contributed by atoms with Gasteiger partial charge in [0.15, 0.2) is 5.82 Å². The number of nitrogens with two attached hydrogens (primary N) is 1. The number of hydrogen-bond donors (Lipinski definition) is 2. The molecule has 0 saturated heterocycles. The van der Waals surface area contributed by atoms with Crippen LogP contribution in [-0.4, -0.2) is 38.1 Å². The van der Waals surface area contributed by atoms with Crippen LogP contribution >= 0.6 is 82.6 Å². The number of hydrazine groups is 1. The third-order valence-corrected chi connectivity index (χ3v) is 6.15. The molecule has 2 amide bonds. The summed E-state index contributed by atoms with van der Waals surface area (Å²) >= 11 is 27.4. The van der Waals surface area contributed by atoms with Crippen LogP contribution in [0.15, 0.2) is 60.6 Å². The van der Waals surface area contributed by atoms with Crippen molar-refractivity contribution in [1.82, 2.24) is 19.8 Å². The van der Waals surface area contributed by atoms with E-state index in [0.717, 1.165) is 5.01 Å². The van der Waals surface area contributed by atoms with Gasteiger partial charge in [-0.25, -0.2) is 15.5 Å². The van der Waals surface area contributed by atoms with Crippen LogP contribution in [-0.2, 0) is 0 Å². The van der Waals surface area contributed by atoms with Gasteiger partial charge in [-0.15, -0.1) is 0 Å². The van der Waals surface area contributed by atoms with Crippen molar-refractivity contribution in [2.45, 2.75) is 0 Å². The van der Waals surface area contributed by atoms with E-state index < -0.39 is 11.8 Å². The highest BCUT2D eigenvalue weighted by atomic mass is 79.9. The van der Waals surface area contributed by atoms with Crippen LogP contribution in [0.4, 0.5) is 5.69 Å². The van der Waals surface area contributed by atoms with Gasteiger partial charge in [0.05, 0.1) is 22.8 Å². The Kier molecular flexibility index (Phi) is 8.95. The molecule has 0 atom stereocenters. The lowest BCUT2D eigenvalue weighted by atomic mass is 10.1. The fourth-order valence-corrected chi connectivity index (χ4v) is 4.70. The summed E-state index contributed by atoms with van der Waals surface area (Å²) in [6, 6.07) is 7.98. The second-order valence-corrected chi connectivity index (χ2v) is 10.3. The first kappa shape index (κ1) is 26.1. The minimum absolute atomic E-state index is 0.0331. The van der Waals surface area contributed by atoms with Crippen LogP contribution in [0.3, 0.4) is 0 Å². The van der Waals surface area contributed by atoms with Gasteiger partial charge in [-0.3, -0.25) is 14.6 Å². The van der Waals surface area contributed by atoms with Gasteiger partial charge in [0.1, 0.15) is 14.8 Å². The Morgan fingerprint density at radius 2 is 1.94 bits per heavy atom. The number of aromatic nitrogens is 3. The fourth-order valence-electron chi connectivity index (χ4n) is 2.66. The number of anilines is 1. The Morgan fingerprint density at radius 1 is 1.21 bits per heavy atom. The van der Waals surface area contributed by atoms with E-state index in [1.807, 2.05) is 0 Å². The highest BCUT2D eigenvalue weighted by Crippen LogP contribution is 2.32. The fraction of sp³-hybridized carbons (Fsp3) is 0.0526. The van der Waals surface area contributed by atoms with Crippen molar-refractivity contribution in [3.63, 3.8) is 0 Å². The summed E-state index contributed by atoms with van der Waals surface area (Å²) in [5.41, 5.74) is 0.435. The Balaban J connectivity index is 2.00. The van der Waals surface area contributed by atoms with Crippen molar-refractivity contribution in [2.75, 3.05) is 11.9 Å². The number of halogens is 6. The molecular weight excluding hydrogens is 690 g/mol. The molecule has 0 aliphatic rings. The molecule has 172 valence electrons. The molecular formula is C19H12Br3Cl3N6O2. The van der Waals surface area contributed by atoms with Crippen molar-refractivity contribution in [1.29, 1.82) is 0 Å². The molecule has 2 aromatic heterocycles. The Hall–Kier alpha value is -1.47. The maximum absolute atomic E-state index is 13.2. The van der Waals surface area contributed by atoms with Gasteiger partial charge < -0.3 is 5.32 Å². The van der Waals surface area contributed by atoms with Crippen LogP contribution in [0.2, 0.25) is 5.02 Å². The number of benzene rings is 1. The van der Waals surface area contributed by atoms with Crippen LogP contribution in [0.1, 0.15) is 20.8 Å². The first-order valence-corrected chi connectivity index (χ1v) is 12.3. The van der Waals surface area contributed by atoms with Crippen molar-refractivity contribution in [3.8, 4) is 5.82 Å². The lowest BCUT2D eigenvalue weighted by Gasteiger charge is -2.19. The average molecular weight is 702 g/mol. The minimum atomic E-state index is -0.583. The van der Waals surface area contributed by atoms with Crippen molar-refractivity contribution >= 4 is 100 Å². The molecule has 0 unspecified atom stereocenters. The van der Waals surface area contributed by atoms with E-state index in [0.29, 0.717) is 18.6 Å². The van der Waals surface area contributed by atoms with Crippen LogP contribution < -0.4 is 11.2 Å². The molecule has 33 heavy (non-hydrogen) atoms. The van der Waals surface area contributed by atoms with Gasteiger partial charge in [0.2, 0.25) is 0 Å². The summed E-state index contributed by atoms with van der Waals surface area (Å²) in [5, 5.41) is 8.19. The van der Waals surface area contributed by atoms with E-state index in [1.54, 1.807) is 18.2 Å². The standard InChI is InChI=1S/C19H12Br3Cl3N6O2/c20-9-6-10(19(33)30(26)5-3-15(24)25)16(11(21)7-9)28-18(32)13-8-14(22)29-31(13)17-12(23)2-1-4-27-17/h1-4,6-8H,5,26H2,(H,28,32). The third-order valence-electron chi connectivity index (χ3n) is 4.08. The second-order valence-electron chi connectivity index (χ2n) is 6.29. The van der Waals surface area contributed by atoms with Crippen molar-refractivity contribution < 1.29 is 9.59 Å². The molecule has 3 N–H and O–H groups in total. The topological polar surface area (TPSA) is 106 Å². The van der Waals surface area contributed by atoms with E-state index in [4.69, 9.17) is 40.6 Å². The molecule has 0 aliphatic heterocycles. The van der Waals surface area contributed by atoms with Crippen LogP contribution in [0, 0.1) is 0 Å². The molecule has 0 saturated carbocycles. The number of amides is 2. The summed E-state index contributed by atoms with van der Waals surface area (Å²) in [7, 11) is 0. The number of nitrogens with one attached hydrogen (secondary N) is 1. The molecule has 0 spiro atoms. The largest absolute Gasteiger partial charge is 0.319 e. The first-order valence-electron chi connectivity index (χ1n) is 8.83. The number of pyridine rings is 1. The van der Waals surface area contributed by atoms with Crippen molar-refractivity contribution in [2.24, 2.45) is 5.84 Å². The maximum atomic E-state index is 13.2. The molecule has 0 aliphatic carbocycles. The second kappa shape index (κ2) is 11.3. The zero-order valence-corrected chi connectivity index (χ0v) is 23.2. The summed E-state index contributed by atoms with van der Waals surface area (Å²) in [4.78, 5) is 30.4. The molecule has 0 fully saturated rings. The monoisotopic (exact) mass is 698 g/mol. The summed E-state index contributed by atoms with van der Waals surface area (Å²) in [6.07, 6.45) is 2.89. The van der Waals surface area contributed by atoms with Gasteiger partial charge in [-0.2, -0.15) is 5.10 Å². The summed E-state index contributed by atoms with van der Waals surface area (Å²) < 4.78 is 2.67. The lowest BCUT2D eigenvalue weighted by Crippen LogP contribution is -2.38. The van der Waals surface area contributed by atoms with Crippen molar-refractivity contribution in [3.05, 3.63) is 76.9 Å². The molecule has 14 heteroatoms. The number of hydrogen-bond acceptors (Lipinski definition) is 5. The van der Waals surface area contributed by atoms with Crippen LogP contribution in [0.25, 0.3) is 5.82 Å². The van der Waals surface area contributed by atoms with E-state index in [9.17, 15) is 9.59 Å². The first-order chi connectivity index (χ1) is 15.6. The molecule has 1 aromatic carbocycles. The summed E-state index contributed by atoms with van der Waals surface area (Å²) in [5.74, 6) is 4.97. The van der Waals surface area contributed by atoms with E-state index in [2.05, 4.69) is 63.2 Å². The van der Waals surface area contributed by atoms with Gasteiger partial charge in [-0.1, -0.05) is 50.7 Å². The molecule has 3 rings (SSSR count). The predicted octanol–water partition coefficient (Wildman–Crippen LogP) is 6.10.